The van der Waals surface area contributed by atoms with Crippen LogP contribution in [0, 0.1) is 0 Å². The Morgan fingerprint density at radius 3 is 2.56 bits per heavy atom. The largest absolute Gasteiger partial charge is 0.494 e. The zero-order chi connectivity index (χ0) is 24.1. The molecule has 5 nitrogen and oxygen atoms in total. The smallest absolute Gasteiger partial charge is 0.337 e. The van der Waals surface area contributed by atoms with E-state index in [1.165, 1.54) is 24.0 Å². The average molecular weight is 499 g/mol. The molecule has 34 heavy (non-hydrogen) atoms. The fourth-order valence-corrected chi connectivity index (χ4v) is 4.41. The number of carbonyl (C=O) groups is 1. The molecule has 3 aromatic rings. The minimum atomic E-state index is -0.982. The van der Waals surface area contributed by atoms with Crippen LogP contribution in [0.3, 0.4) is 0 Å². The van der Waals surface area contributed by atoms with Crippen molar-refractivity contribution in [2.75, 3.05) is 16.8 Å². The lowest BCUT2D eigenvalue weighted by Gasteiger charge is -2.18. The van der Waals surface area contributed by atoms with Gasteiger partial charge in [0.25, 0.3) is 0 Å². The van der Waals surface area contributed by atoms with E-state index in [2.05, 4.69) is 29.3 Å². The number of fused-ring (bicyclic) bond motifs is 1. The van der Waals surface area contributed by atoms with E-state index in [1.54, 1.807) is 18.2 Å². The lowest BCUT2D eigenvalue weighted by molar-refractivity contribution is 0.0698. The Morgan fingerprint density at radius 2 is 1.79 bits per heavy atom. The molecule has 1 aliphatic heterocycles. The number of benzene rings is 3. The van der Waals surface area contributed by atoms with Crippen molar-refractivity contribution >= 4 is 46.2 Å². The Kier molecular flexibility index (Phi) is 7.86. The molecule has 4 rings (SSSR count). The van der Waals surface area contributed by atoms with E-state index in [4.69, 9.17) is 27.9 Å². The summed E-state index contributed by atoms with van der Waals surface area (Å²) in [5.41, 5.74) is 4.96. The first kappa shape index (κ1) is 24.2. The van der Waals surface area contributed by atoms with Crippen molar-refractivity contribution in [3.63, 3.8) is 0 Å². The Labute approximate surface area is 210 Å². The second-order valence-electron chi connectivity index (χ2n) is 8.48. The molecule has 2 N–H and O–H groups in total. The summed E-state index contributed by atoms with van der Waals surface area (Å²) in [7, 11) is 0. The summed E-state index contributed by atoms with van der Waals surface area (Å²) >= 11 is 12.3. The number of nitrogens with zero attached hydrogens (tertiary/aromatic N) is 1. The van der Waals surface area contributed by atoms with E-state index in [-0.39, 0.29) is 5.56 Å². The first-order chi connectivity index (χ1) is 16.4. The van der Waals surface area contributed by atoms with Crippen molar-refractivity contribution in [2.45, 2.75) is 45.7 Å². The monoisotopic (exact) mass is 498 g/mol. The molecule has 1 aliphatic rings. The maximum absolute atomic E-state index is 11.8. The van der Waals surface area contributed by atoms with Gasteiger partial charge >= 0.3 is 5.97 Å². The van der Waals surface area contributed by atoms with Crippen LogP contribution in [0.5, 0.6) is 5.75 Å². The van der Waals surface area contributed by atoms with Gasteiger partial charge in [0.2, 0.25) is 0 Å². The summed E-state index contributed by atoms with van der Waals surface area (Å²) in [6, 6.07) is 16.8. The number of ether oxygens (including phenoxy) is 1. The third kappa shape index (κ3) is 5.78. The average Bonchev–Trinajstić information content (AvgIpc) is 3.24. The third-order valence-corrected chi connectivity index (χ3v) is 6.70. The zero-order valence-corrected chi connectivity index (χ0v) is 20.6. The second-order valence-corrected chi connectivity index (χ2v) is 9.30. The number of unbranched alkanes of at least 4 members (excludes halogenated alkanes) is 3. The molecule has 0 atom stereocenters. The summed E-state index contributed by atoms with van der Waals surface area (Å²) < 4.78 is 5.86. The normalized spacial score (nSPS) is 12.5. The molecule has 0 unspecified atom stereocenters. The lowest BCUT2D eigenvalue weighted by Crippen LogP contribution is -2.14. The number of carboxylic acids is 1. The van der Waals surface area contributed by atoms with Crippen molar-refractivity contribution in [1.82, 2.24) is 0 Å². The van der Waals surface area contributed by atoms with E-state index in [1.807, 2.05) is 24.3 Å². The number of carboxylic acid groups (broad SMARTS) is 1. The molecule has 0 aromatic heterocycles. The summed E-state index contributed by atoms with van der Waals surface area (Å²) in [4.78, 5) is 14.0. The van der Waals surface area contributed by atoms with Gasteiger partial charge in [-0.1, -0.05) is 55.5 Å². The highest BCUT2D eigenvalue weighted by Gasteiger charge is 2.21. The number of hydrogen-bond donors (Lipinski definition) is 2. The molecular weight excluding hydrogens is 471 g/mol. The van der Waals surface area contributed by atoms with E-state index < -0.39 is 5.97 Å². The lowest BCUT2D eigenvalue weighted by atomic mass is 10.1. The van der Waals surface area contributed by atoms with Gasteiger partial charge in [-0.2, -0.15) is 0 Å². The van der Waals surface area contributed by atoms with Crippen LogP contribution in [0.25, 0.3) is 0 Å². The van der Waals surface area contributed by atoms with Gasteiger partial charge in [-0.05, 0) is 60.0 Å². The van der Waals surface area contributed by atoms with E-state index in [0.29, 0.717) is 28.1 Å². The van der Waals surface area contributed by atoms with Crippen molar-refractivity contribution in [2.24, 2.45) is 0 Å². The summed E-state index contributed by atoms with van der Waals surface area (Å²) in [5.74, 6) is -0.320. The molecule has 7 heteroatoms. The molecule has 0 fully saturated rings. The highest BCUT2D eigenvalue weighted by molar-refractivity contribution is 6.42. The zero-order valence-electron chi connectivity index (χ0n) is 19.1. The number of halogens is 2. The molecule has 0 spiro atoms. The number of anilines is 3. The fourth-order valence-electron chi connectivity index (χ4n) is 4.11. The minimum absolute atomic E-state index is 0.205. The molecule has 178 valence electrons. The number of nitrogens with one attached hydrogen (secondary N) is 1. The van der Waals surface area contributed by atoms with E-state index in [9.17, 15) is 9.90 Å². The molecule has 0 amide bonds. The van der Waals surface area contributed by atoms with Crippen LogP contribution in [0.2, 0.25) is 10.0 Å². The van der Waals surface area contributed by atoms with Crippen molar-refractivity contribution in [1.29, 1.82) is 0 Å². The van der Waals surface area contributed by atoms with Crippen molar-refractivity contribution in [3.8, 4) is 5.75 Å². The maximum atomic E-state index is 11.8. The predicted molar refractivity (Wildman–Crippen MR) is 139 cm³/mol. The van der Waals surface area contributed by atoms with Crippen LogP contribution < -0.4 is 15.0 Å². The SMILES string of the molecule is CCCCCCOc1ccc(C(=O)O)c(Nc2ccc3c(c2)CN(c2ccc(Cl)c(Cl)c2)C3)c1. The third-order valence-electron chi connectivity index (χ3n) is 5.96. The Hall–Kier alpha value is -2.89. The van der Waals surface area contributed by atoms with Gasteiger partial charge in [-0.3, -0.25) is 0 Å². The maximum Gasteiger partial charge on any atom is 0.337 e. The molecule has 1 heterocycles. The second kappa shape index (κ2) is 11.0. The van der Waals surface area contributed by atoms with Gasteiger partial charge in [0.1, 0.15) is 5.75 Å². The van der Waals surface area contributed by atoms with Crippen LogP contribution in [-0.2, 0) is 13.1 Å². The van der Waals surface area contributed by atoms with Crippen LogP contribution in [0.15, 0.2) is 54.6 Å². The highest BCUT2D eigenvalue weighted by atomic mass is 35.5. The summed E-state index contributed by atoms with van der Waals surface area (Å²) in [6.45, 7) is 4.30. The molecule has 0 saturated heterocycles. The number of rotatable bonds is 10. The first-order valence-electron chi connectivity index (χ1n) is 11.5. The van der Waals surface area contributed by atoms with Crippen LogP contribution >= 0.6 is 23.2 Å². The quantitative estimate of drug-likeness (QED) is 0.278. The summed E-state index contributed by atoms with van der Waals surface area (Å²) in [5, 5.41) is 14.0. The molecule has 0 radical (unpaired) electrons. The molecule has 3 aromatic carbocycles. The first-order valence-corrected chi connectivity index (χ1v) is 12.3. The topological polar surface area (TPSA) is 61.8 Å². The number of aromatic carboxylic acids is 1. The standard InChI is InChI=1S/C27H28Cl2N2O3/c1-2-3-4-5-12-34-22-9-10-23(27(32)33)26(15-22)30-20-7-6-18-16-31(17-19(18)13-20)21-8-11-24(28)25(29)14-21/h6-11,13-15,30H,2-5,12,16-17H2,1H3,(H,32,33). The van der Waals surface area contributed by atoms with E-state index >= 15 is 0 Å². The molecule has 0 saturated carbocycles. The van der Waals surface area contributed by atoms with Crippen molar-refractivity contribution in [3.05, 3.63) is 81.3 Å². The van der Waals surface area contributed by atoms with Crippen molar-refractivity contribution < 1.29 is 14.6 Å². The van der Waals surface area contributed by atoms with Gasteiger partial charge in [0.05, 0.1) is 27.9 Å². The van der Waals surface area contributed by atoms with Gasteiger partial charge in [-0.25, -0.2) is 4.79 Å². The Morgan fingerprint density at radius 1 is 0.971 bits per heavy atom. The Bertz CT molecular complexity index is 1180. The number of hydrogen-bond acceptors (Lipinski definition) is 4. The van der Waals surface area contributed by atoms with Crippen LogP contribution in [0.1, 0.15) is 54.1 Å². The van der Waals surface area contributed by atoms with Gasteiger partial charge in [-0.15, -0.1) is 0 Å². The molecular formula is C27H28Cl2N2O3. The minimum Gasteiger partial charge on any atom is -0.494 e. The van der Waals surface area contributed by atoms with Gasteiger partial charge < -0.3 is 20.1 Å². The Balaban J connectivity index is 1.48. The van der Waals surface area contributed by atoms with E-state index in [0.717, 1.165) is 37.3 Å². The molecule has 0 aliphatic carbocycles. The van der Waals surface area contributed by atoms with Crippen LogP contribution in [0.4, 0.5) is 17.1 Å². The van der Waals surface area contributed by atoms with Gasteiger partial charge in [0.15, 0.2) is 0 Å². The van der Waals surface area contributed by atoms with Gasteiger partial charge in [0, 0.05) is 30.5 Å². The van der Waals surface area contributed by atoms with Crippen LogP contribution in [-0.4, -0.2) is 17.7 Å². The highest BCUT2D eigenvalue weighted by Crippen LogP contribution is 2.34. The fraction of sp³-hybridized carbons (Fsp3) is 0.296. The molecule has 0 bridgehead atoms. The predicted octanol–water partition coefficient (Wildman–Crippen LogP) is 7.91. The summed E-state index contributed by atoms with van der Waals surface area (Å²) in [6.07, 6.45) is 4.48.